The second-order valence-electron chi connectivity index (χ2n) is 4.31. The highest BCUT2D eigenvalue weighted by molar-refractivity contribution is 9.10. The van der Waals surface area contributed by atoms with Crippen molar-refractivity contribution in [2.24, 2.45) is 5.16 Å². The van der Waals surface area contributed by atoms with Gasteiger partial charge in [-0.1, -0.05) is 28.1 Å². The van der Waals surface area contributed by atoms with E-state index in [0.29, 0.717) is 5.69 Å². The van der Waals surface area contributed by atoms with Gasteiger partial charge in [0.25, 0.3) is 0 Å². The van der Waals surface area contributed by atoms with Crippen molar-refractivity contribution in [3.8, 4) is 0 Å². The minimum absolute atomic E-state index is 0.311. The van der Waals surface area contributed by atoms with E-state index in [-0.39, 0.29) is 5.82 Å². The van der Waals surface area contributed by atoms with E-state index < -0.39 is 5.41 Å². The molecule has 5 heteroatoms. The lowest BCUT2D eigenvalue weighted by molar-refractivity contribution is 0.318. The minimum atomic E-state index is -0.730. The van der Waals surface area contributed by atoms with Crippen LogP contribution in [0.25, 0.3) is 0 Å². The normalized spacial score (nSPS) is 14.5. The van der Waals surface area contributed by atoms with Crippen LogP contribution in [0.15, 0.2) is 52.2 Å². The summed E-state index contributed by atoms with van der Waals surface area (Å²) < 4.78 is 13.9. The van der Waals surface area contributed by atoms with E-state index in [0.717, 1.165) is 10.0 Å². The first-order valence-electron chi connectivity index (χ1n) is 5.63. The van der Waals surface area contributed by atoms with Crippen LogP contribution in [-0.2, 0) is 5.41 Å². The van der Waals surface area contributed by atoms with Gasteiger partial charge in [-0.2, -0.15) is 0 Å². The van der Waals surface area contributed by atoms with E-state index in [1.54, 1.807) is 18.3 Å². The third-order valence-electron chi connectivity index (χ3n) is 3.01. The molecule has 0 amide bonds. The first-order chi connectivity index (χ1) is 9.06. The van der Waals surface area contributed by atoms with E-state index in [2.05, 4.69) is 26.1 Å². The Hall–Kier alpha value is -1.75. The Morgan fingerprint density at radius 2 is 2.00 bits per heavy atom. The molecule has 98 valence electrons. The molecule has 0 aliphatic rings. The van der Waals surface area contributed by atoms with Gasteiger partial charge in [-0.15, -0.1) is 5.16 Å². The fourth-order valence-electron chi connectivity index (χ4n) is 1.89. The van der Waals surface area contributed by atoms with Crippen molar-refractivity contribution in [1.29, 1.82) is 0 Å². The number of pyridine rings is 1. The smallest absolute Gasteiger partial charge is 0.123 e. The number of nitrogens with zero attached hydrogens (tertiary/aromatic N) is 2. The number of hydrogen-bond acceptors (Lipinski definition) is 3. The first-order valence-corrected chi connectivity index (χ1v) is 6.42. The van der Waals surface area contributed by atoms with Gasteiger partial charge in [0, 0.05) is 10.7 Å². The number of halogens is 2. The maximum atomic E-state index is 13.0. The Balaban J connectivity index is 2.57. The van der Waals surface area contributed by atoms with Gasteiger partial charge in [-0.25, -0.2) is 4.39 Å². The van der Waals surface area contributed by atoms with Gasteiger partial charge in [-0.3, -0.25) is 4.98 Å². The molecule has 2 rings (SSSR count). The molecule has 1 N–H and O–H groups in total. The fraction of sp³-hybridized carbons (Fsp3) is 0.143. The predicted molar refractivity (Wildman–Crippen MR) is 75.1 cm³/mol. The maximum Gasteiger partial charge on any atom is 0.123 e. The van der Waals surface area contributed by atoms with E-state index in [4.69, 9.17) is 5.21 Å². The lowest BCUT2D eigenvalue weighted by Gasteiger charge is -2.24. The molecule has 1 heterocycles. The number of rotatable bonds is 3. The Bertz CT molecular complexity index is 601. The van der Waals surface area contributed by atoms with Crippen LogP contribution >= 0.6 is 15.9 Å². The molecule has 1 atom stereocenters. The Morgan fingerprint density at radius 1 is 1.32 bits per heavy atom. The Labute approximate surface area is 118 Å². The van der Waals surface area contributed by atoms with E-state index in [1.165, 1.54) is 18.3 Å². The van der Waals surface area contributed by atoms with Crippen molar-refractivity contribution in [3.05, 3.63) is 64.1 Å². The third-order valence-corrected chi connectivity index (χ3v) is 3.51. The molecular weight excluding hydrogens is 311 g/mol. The van der Waals surface area contributed by atoms with Crippen LogP contribution in [-0.4, -0.2) is 16.4 Å². The summed E-state index contributed by atoms with van der Waals surface area (Å²) >= 11 is 3.38. The summed E-state index contributed by atoms with van der Waals surface area (Å²) in [7, 11) is 0. The summed E-state index contributed by atoms with van der Waals surface area (Å²) in [5.74, 6) is -0.311. The second-order valence-corrected chi connectivity index (χ2v) is 5.23. The first kappa shape index (κ1) is 13.7. The van der Waals surface area contributed by atoms with Gasteiger partial charge in [0.05, 0.1) is 17.3 Å². The molecule has 2 aromatic rings. The molecule has 0 bridgehead atoms. The van der Waals surface area contributed by atoms with Crippen molar-refractivity contribution in [2.75, 3.05) is 0 Å². The van der Waals surface area contributed by atoms with E-state index in [9.17, 15) is 4.39 Å². The van der Waals surface area contributed by atoms with Gasteiger partial charge >= 0.3 is 0 Å². The molecule has 0 radical (unpaired) electrons. The summed E-state index contributed by atoms with van der Waals surface area (Å²) in [5.41, 5.74) is 0.759. The number of aromatic nitrogens is 1. The van der Waals surface area contributed by atoms with E-state index >= 15 is 0 Å². The van der Waals surface area contributed by atoms with Gasteiger partial charge in [0.1, 0.15) is 5.82 Å². The quantitative estimate of drug-likeness (QED) is 0.531. The topological polar surface area (TPSA) is 45.5 Å². The number of benzene rings is 1. The SMILES string of the molecule is CC(C=NO)(c1ccc(F)cc1)c1cc(Br)ccn1. The van der Waals surface area contributed by atoms with Gasteiger partial charge in [0.2, 0.25) is 0 Å². The molecule has 1 aromatic carbocycles. The summed E-state index contributed by atoms with van der Waals surface area (Å²) in [6.45, 7) is 1.86. The molecule has 0 aliphatic carbocycles. The predicted octanol–water partition coefficient (Wildman–Crippen LogP) is 3.75. The molecule has 1 aromatic heterocycles. The zero-order valence-corrected chi connectivity index (χ0v) is 11.8. The summed E-state index contributed by atoms with van der Waals surface area (Å²) in [4.78, 5) is 4.30. The second kappa shape index (κ2) is 5.48. The van der Waals surface area contributed by atoms with Crippen LogP contribution in [0, 0.1) is 5.82 Å². The molecule has 0 spiro atoms. The summed E-state index contributed by atoms with van der Waals surface area (Å²) in [6, 6.07) is 9.70. The molecule has 0 fully saturated rings. The van der Waals surface area contributed by atoms with Crippen LogP contribution in [0.3, 0.4) is 0 Å². The van der Waals surface area contributed by atoms with Gasteiger partial charge in [-0.05, 0) is 36.8 Å². The van der Waals surface area contributed by atoms with Crippen LogP contribution in [0.2, 0.25) is 0 Å². The van der Waals surface area contributed by atoms with Crippen LogP contribution < -0.4 is 0 Å². The Morgan fingerprint density at radius 3 is 2.58 bits per heavy atom. The molecule has 1 unspecified atom stereocenters. The average molecular weight is 323 g/mol. The molecule has 3 nitrogen and oxygen atoms in total. The number of oxime groups is 1. The van der Waals surface area contributed by atoms with Gasteiger partial charge in [0.15, 0.2) is 0 Å². The highest BCUT2D eigenvalue weighted by Gasteiger charge is 2.29. The van der Waals surface area contributed by atoms with Crippen molar-refractivity contribution in [3.63, 3.8) is 0 Å². The molecule has 0 aliphatic heterocycles. The summed E-state index contributed by atoms with van der Waals surface area (Å²) in [5, 5.41) is 12.0. The average Bonchev–Trinajstić information content (AvgIpc) is 2.39. The van der Waals surface area contributed by atoms with E-state index in [1.807, 2.05) is 19.1 Å². The van der Waals surface area contributed by atoms with Crippen molar-refractivity contribution < 1.29 is 9.60 Å². The standard InChI is InChI=1S/C14H12BrFN2O/c1-14(9-18-19,10-2-4-12(16)5-3-10)13-8-11(15)6-7-17-13/h2-9,19H,1H3. The third kappa shape index (κ3) is 2.81. The highest BCUT2D eigenvalue weighted by Crippen LogP contribution is 2.30. The summed E-state index contributed by atoms with van der Waals surface area (Å²) in [6.07, 6.45) is 3.04. The zero-order chi connectivity index (χ0) is 13.9. The fourth-order valence-corrected chi connectivity index (χ4v) is 2.22. The molecule has 19 heavy (non-hydrogen) atoms. The van der Waals surface area contributed by atoms with Crippen LogP contribution in [0.5, 0.6) is 0 Å². The van der Waals surface area contributed by atoms with Crippen LogP contribution in [0.1, 0.15) is 18.2 Å². The lowest BCUT2D eigenvalue weighted by atomic mass is 9.80. The molecule has 0 saturated carbocycles. The van der Waals surface area contributed by atoms with Gasteiger partial charge < -0.3 is 5.21 Å². The highest BCUT2D eigenvalue weighted by atomic mass is 79.9. The minimum Gasteiger partial charge on any atom is -0.411 e. The lowest BCUT2D eigenvalue weighted by Crippen LogP contribution is -2.27. The van der Waals surface area contributed by atoms with Crippen LogP contribution in [0.4, 0.5) is 4.39 Å². The van der Waals surface area contributed by atoms with Crippen molar-refractivity contribution in [2.45, 2.75) is 12.3 Å². The van der Waals surface area contributed by atoms with Crippen molar-refractivity contribution in [1.82, 2.24) is 4.98 Å². The molecule has 0 saturated heterocycles. The molecular formula is C14H12BrFN2O. The zero-order valence-electron chi connectivity index (χ0n) is 10.2. The largest absolute Gasteiger partial charge is 0.411 e. The maximum absolute atomic E-state index is 13.0. The monoisotopic (exact) mass is 322 g/mol. The number of hydrogen-bond donors (Lipinski definition) is 1. The Kier molecular flexibility index (Phi) is 3.95. The van der Waals surface area contributed by atoms with Crippen molar-refractivity contribution >= 4 is 22.1 Å².